The zero-order valence-electron chi connectivity index (χ0n) is 11.4. The lowest BCUT2D eigenvalue weighted by Crippen LogP contribution is -2.29. The fourth-order valence-corrected chi connectivity index (χ4v) is 3.81. The van der Waals surface area contributed by atoms with Crippen LogP contribution in [0.1, 0.15) is 25.7 Å². The van der Waals surface area contributed by atoms with Crippen LogP contribution in [0.5, 0.6) is 0 Å². The van der Waals surface area contributed by atoms with Gasteiger partial charge in [0.25, 0.3) is 0 Å². The Kier molecular flexibility index (Phi) is 5.43. The minimum absolute atomic E-state index is 0.0789. The fraction of sp³-hybridized carbons (Fsp3) is 0.538. The Bertz CT molecular complexity index is 604. The van der Waals surface area contributed by atoms with Crippen molar-refractivity contribution in [2.24, 2.45) is 0 Å². The molecule has 1 aliphatic rings. The Balaban J connectivity index is 1.99. The molecule has 0 amide bonds. The second-order valence-corrected chi connectivity index (χ2v) is 7.12. The average molecular weight is 337 g/mol. The summed E-state index contributed by atoms with van der Waals surface area (Å²) in [5.74, 6) is -0.741. The molecular weight excluding hydrogens is 319 g/mol. The molecule has 0 aromatic heterocycles. The monoisotopic (exact) mass is 336 g/mol. The summed E-state index contributed by atoms with van der Waals surface area (Å²) in [6.07, 6.45) is 3.75. The van der Waals surface area contributed by atoms with Crippen LogP contribution in [0.3, 0.4) is 0 Å². The van der Waals surface area contributed by atoms with Gasteiger partial charge in [-0.05, 0) is 37.8 Å². The predicted molar refractivity (Wildman–Crippen MR) is 79.2 cm³/mol. The highest BCUT2D eigenvalue weighted by molar-refractivity contribution is 7.89. The predicted octanol–water partition coefficient (Wildman–Crippen LogP) is 2.30. The number of nitrogens with one attached hydrogen (secondary N) is 1. The van der Waals surface area contributed by atoms with Gasteiger partial charge < -0.3 is 10.5 Å². The van der Waals surface area contributed by atoms with E-state index in [-0.39, 0.29) is 28.3 Å². The highest BCUT2D eigenvalue weighted by Crippen LogP contribution is 2.26. The van der Waals surface area contributed by atoms with Gasteiger partial charge in [-0.15, -0.1) is 0 Å². The zero-order valence-corrected chi connectivity index (χ0v) is 13.0. The molecule has 0 radical (unpaired) electrons. The van der Waals surface area contributed by atoms with Gasteiger partial charge in [-0.3, -0.25) is 0 Å². The number of hydrogen-bond donors (Lipinski definition) is 2. The molecule has 5 nitrogen and oxygen atoms in total. The largest absolute Gasteiger partial charge is 0.396 e. The van der Waals surface area contributed by atoms with E-state index in [9.17, 15) is 12.8 Å². The standard InChI is InChI=1S/C13H18ClFN2O3S/c14-10-7-11(15)12(16)8-13(10)21(18,19)17-5-4-9-3-1-2-6-20-9/h7-9,17H,1-6,16H2. The van der Waals surface area contributed by atoms with E-state index in [2.05, 4.69) is 4.72 Å². The van der Waals surface area contributed by atoms with Crippen LogP contribution >= 0.6 is 11.6 Å². The van der Waals surface area contributed by atoms with Crippen LogP contribution < -0.4 is 10.5 Å². The molecule has 1 aromatic rings. The van der Waals surface area contributed by atoms with E-state index in [1.807, 2.05) is 0 Å². The van der Waals surface area contributed by atoms with Crippen LogP contribution in [0.25, 0.3) is 0 Å². The van der Waals surface area contributed by atoms with Gasteiger partial charge in [-0.2, -0.15) is 0 Å². The second-order valence-electron chi connectivity index (χ2n) is 4.98. The minimum Gasteiger partial charge on any atom is -0.396 e. The lowest BCUT2D eigenvalue weighted by molar-refractivity contribution is 0.0123. The van der Waals surface area contributed by atoms with Crippen LogP contribution in [-0.2, 0) is 14.8 Å². The van der Waals surface area contributed by atoms with Gasteiger partial charge >= 0.3 is 0 Å². The van der Waals surface area contributed by atoms with Crippen molar-refractivity contribution >= 4 is 27.3 Å². The normalized spacial score (nSPS) is 19.6. The molecule has 1 aromatic carbocycles. The van der Waals surface area contributed by atoms with Gasteiger partial charge in [-0.1, -0.05) is 11.6 Å². The molecule has 21 heavy (non-hydrogen) atoms. The first-order valence-electron chi connectivity index (χ1n) is 6.76. The topological polar surface area (TPSA) is 81.4 Å². The molecule has 8 heteroatoms. The van der Waals surface area contributed by atoms with Crippen molar-refractivity contribution in [1.82, 2.24) is 4.72 Å². The number of rotatable bonds is 5. The average Bonchev–Trinajstić information content (AvgIpc) is 2.43. The van der Waals surface area contributed by atoms with Crippen LogP contribution in [-0.4, -0.2) is 27.7 Å². The molecular formula is C13H18ClFN2O3S. The van der Waals surface area contributed by atoms with Gasteiger partial charge in [0.2, 0.25) is 10.0 Å². The Morgan fingerprint density at radius 1 is 1.43 bits per heavy atom. The summed E-state index contributed by atoms with van der Waals surface area (Å²) in [5, 5.41) is -0.192. The quantitative estimate of drug-likeness (QED) is 0.808. The van der Waals surface area contributed by atoms with E-state index in [1.54, 1.807) is 0 Å². The molecule has 1 aliphatic heterocycles. The molecule has 0 bridgehead atoms. The maximum Gasteiger partial charge on any atom is 0.242 e. The molecule has 1 unspecified atom stereocenters. The highest BCUT2D eigenvalue weighted by Gasteiger charge is 2.21. The van der Waals surface area contributed by atoms with Crippen LogP contribution in [0.2, 0.25) is 5.02 Å². The van der Waals surface area contributed by atoms with Gasteiger partial charge in [0, 0.05) is 13.2 Å². The van der Waals surface area contributed by atoms with Crippen LogP contribution in [0.15, 0.2) is 17.0 Å². The number of benzene rings is 1. The van der Waals surface area contributed by atoms with Crippen molar-refractivity contribution in [1.29, 1.82) is 0 Å². The molecule has 1 atom stereocenters. The first-order valence-corrected chi connectivity index (χ1v) is 8.62. The summed E-state index contributed by atoms with van der Waals surface area (Å²) < 4.78 is 45.5. The Labute approximate surface area is 128 Å². The first-order chi connectivity index (χ1) is 9.90. The number of sulfonamides is 1. The van der Waals surface area contributed by atoms with E-state index in [0.717, 1.165) is 38.0 Å². The molecule has 1 fully saturated rings. The second kappa shape index (κ2) is 6.91. The van der Waals surface area contributed by atoms with Gasteiger partial charge in [0.1, 0.15) is 10.7 Å². The molecule has 1 saturated heterocycles. The van der Waals surface area contributed by atoms with Crippen molar-refractivity contribution in [3.8, 4) is 0 Å². The van der Waals surface area contributed by atoms with Gasteiger partial charge in [0.15, 0.2) is 0 Å². The summed E-state index contributed by atoms with van der Waals surface area (Å²) in [6.45, 7) is 0.957. The van der Waals surface area contributed by atoms with E-state index < -0.39 is 15.8 Å². The molecule has 118 valence electrons. The molecule has 0 saturated carbocycles. The number of hydrogen-bond acceptors (Lipinski definition) is 4. The van der Waals surface area contributed by atoms with Crippen molar-refractivity contribution in [2.45, 2.75) is 36.7 Å². The third kappa shape index (κ3) is 4.29. The van der Waals surface area contributed by atoms with Gasteiger partial charge in [-0.25, -0.2) is 17.5 Å². The fourth-order valence-electron chi connectivity index (χ4n) is 2.22. The Morgan fingerprint density at radius 3 is 2.86 bits per heavy atom. The summed E-state index contributed by atoms with van der Waals surface area (Å²) in [4.78, 5) is -0.215. The Morgan fingerprint density at radius 2 is 2.19 bits per heavy atom. The molecule has 1 heterocycles. The van der Waals surface area contributed by atoms with E-state index in [0.29, 0.717) is 6.42 Å². The summed E-state index contributed by atoms with van der Waals surface area (Å²) in [7, 11) is -3.82. The number of nitrogen functional groups attached to an aromatic ring is 1. The SMILES string of the molecule is Nc1cc(S(=O)(=O)NCCC2CCCCO2)c(Cl)cc1F. The highest BCUT2D eigenvalue weighted by atomic mass is 35.5. The molecule has 0 aliphatic carbocycles. The number of nitrogens with two attached hydrogens (primary N) is 1. The molecule has 3 N–H and O–H groups in total. The minimum atomic E-state index is -3.82. The third-order valence-corrected chi connectivity index (χ3v) is 5.30. The Hall–Kier alpha value is -0.890. The summed E-state index contributed by atoms with van der Waals surface area (Å²) in [6, 6.07) is 1.92. The summed E-state index contributed by atoms with van der Waals surface area (Å²) in [5.41, 5.74) is 5.13. The first kappa shape index (κ1) is 16.5. The summed E-state index contributed by atoms with van der Waals surface area (Å²) >= 11 is 5.77. The lowest BCUT2D eigenvalue weighted by Gasteiger charge is -2.22. The van der Waals surface area contributed by atoms with E-state index in [1.165, 1.54) is 0 Å². The maximum atomic E-state index is 13.2. The van der Waals surface area contributed by atoms with Crippen LogP contribution in [0.4, 0.5) is 10.1 Å². The maximum absolute atomic E-state index is 13.2. The smallest absolute Gasteiger partial charge is 0.242 e. The van der Waals surface area contributed by atoms with Crippen molar-refractivity contribution in [3.63, 3.8) is 0 Å². The number of anilines is 1. The van der Waals surface area contributed by atoms with E-state index >= 15 is 0 Å². The number of ether oxygens (including phenoxy) is 1. The van der Waals surface area contributed by atoms with Gasteiger partial charge in [0.05, 0.1) is 16.8 Å². The third-order valence-electron chi connectivity index (χ3n) is 3.37. The van der Waals surface area contributed by atoms with Crippen molar-refractivity contribution in [3.05, 3.63) is 23.0 Å². The van der Waals surface area contributed by atoms with Crippen LogP contribution in [0, 0.1) is 5.82 Å². The lowest BCUT2D eigenvalue weighted by atomic mass is 10.1. The molecule has 2 rings (SSSR count). The van der Waals surface area contributed by atoms with E-state index in [4.69, 9.17) is 22.1 Å². The van der Waals surface area contributed by atoms with Crippen molar-refractivity contribution < 1.29 is 17.5 Å². The van der Waals surface area contributed by atoms with Crippen molar-refractivity contribution in [2.75, 3.05) is 18.9 Å². The molecule has 0 spiro atoms. The number of halogens is 2. The zero-order chi connectivity index (χ0) is 15.5.